The number of halogens is 6. The van der Waals surface area contributed by atoms with Crippen molar-refractivity contribution in [2.75, 3.05) is 130 Å². The summed E-state index contributed by atoms with van der Waals surface area (Å²) < 4.78 is 81.4. The second kappa shape index (κ2) is 28.5. The van der Waals surface area contributed by atoms with E-state index in [2.05, 4.69) is 46.8 Å². The van der Waals surface area contributed by atoms with Crippen molar-refractivity contribution in [3.05, 3.63) is 154 Å². The van der Waals surface area contributed by atoms with Crippen molar-refractivity contribution in [2.24, 2.45) is 0 Å². The number of likely N-dealkylation sites (tertiary alicyclic amines) is 1. The van der Waals surface area contributed by atoms with Crippen LogP contribution in [0.3, 0.4) is 0 Å². The number of nitrogens with zero attached hydrogens (tertiary/aromatic N) is 8. The number of alkyl halides is 6. The van der Waals surface area contributed by atoms with Gasteiger partial charge in [0.15, 0.2) is 0 Å². The maximum atomic E-state index is 13.6. The van der Waals surface area contributed by atoms with Crippen molar-refractivity contribution in [1.29, 1.82) is 0 Å². The highest BCUT2D eigenvalue weighted by molar-refractivity contribution is 6.10. The number of aryl methyl sites for hydroxylation is 2. The highest BCUT2D eigenvalue weighted by Gasteiger charge is 2.34. The number of hydrogen-bond acceptors (Lipinski definition) is 12. The quantitative estimate of drug-likeness (QED) is 0.0470. The number of hydrogen-bond donors (Lipinski definition) is 6. The fraction of sp³-hybridized carbons (Fsp3) is 0.333. The van der Waals surface area contributed by atoms with E-state index in [1.54, 1.807) is 57.1 Å². The molecule has 0 spiro atoms. The summed E-state index contributed by atoms with van der Waals surface area (Å²) in [5, 5.41) is 15.7. The second-order valence-electron chi connectivity index (χ2n) is 20.8. The summed E-state index contributed by atoms with van der Waals surface area (Å²) in [6, 6.07) is 20.8. The molecule has 1 aliphatic rings. The zero-order valence-corrected chi connectivity index (χ0v) is 49.5. The monoisotopic (exact) mass is 1200 g/mol. The molecule has 458 valence electrons. The predicted molar refractivity (Wildman–Crippen MR) is 322 cm³/mol. The molecule has 0 aliphatic carbocycles. The van der Waals surface area contributed by atoms with Gasteiger partial charge in [-0.2, -0.15) is 26.3 Å². The van der Waals surface area contributed by atoms with E-state index in [1.807, 2.05) is 30.9 Å². The molecule has 1 fully saturated rings. The first-order chi connectivity index (χ1) is 40.5. The number of urea groups is 2. The summed E-state index contributed by atoms with van der Waals surface area (Å²) in [5.41, 5.74) is 2.52. The number of carbonyl (C=O) groups is 6. The smallest absolute Gasteiger partial charge is 0.373 e. The van der Waals surface area contributed by atoms with Gasteiger partial charge in [0.2, 0.25) is 0 Å². The molecule has 26 heteroatoms. The van der Waals surface area contributed by atoms with Crippen LogP contribution in [0.1, 0.15) is 76.8 Å². The number of likely N-dealkylation sites (N-methyl/N-ethyl adjacent to an activating group) is 2. The third-order valence-corrected chi connectivity index (χ3v) is 14.2. The Morgan fingerprint density at radius 3 is 1.40 bits per heavy atom. The molecule has 6 aromatic rings. The molecule has 1 aliphatic heterocycles. The lowest BCUT2D eigenvalue weighted by Crippen LogP contribution is -2.34. The van der Waals surface area contributed by atoms with Crippen molar-refractivity contribution >= 4 is 81.2 Å². The molecule has 2 aromatic heterocycles. The normalized spacial score (nSPS) is 13.2. The number of anilines is 8. The van der Waals surface area contributed by atoms with Gasteiger partial charge in [-0.3, -0.25) is 38.9 Å². The van der Waals surface area contributed by atoms with Gasteiger partial charge in [0.05, 0.1) is 33.9 Å². The maximum Gasteiger partial charge on any atom is 0.416 e. The molecule has 0 radical (unpaired) electrons. The molecular formula is C60H70F6N14O6. The molecule has 1 unspecified atom stereocenters. The Balaban J connectivity index is 0.000000275. The summed E-state index contributed by atoms with van der Waals surface area (Å²) in [4.78, 5) is 95.0. The Hall–Kier alpha value is -9.30. The average molecular weight is 1200 g/mol. The van der Waals surface area contributed by atoms with Crippen LogP contribution in [0.15, 0.2) is 109 Å². The SMILES string of the molecule is CNC(=O)c1cc(N(C)C(=O)Nc2cc(C(=O)Nc3cc(C(F)(F)F)ccc3N(C)C3CCN(C)C3)ccc2C)ccn1.CNC(=O)c1cc(N(C)C(=O)Nc2cc(C(=O)Nc3cc(C(F)(F)F)ccc3N(C)CCCN(C)C)ccc2C)ccn1. The minimum Gasteiger partial charge on any atom is -0.373 e. The van der Waals surface area contributed by atoms with E-state index in [4.69, 9.17) is 0 Å². The molecule has 1 atom stereocenters. The van der Waals surface area contributed by atoms with Crippen LogP contribution >= 0.6 is 0 Å². The van der Waals surface area contributed by atoms with Crippen LogP contribution in [0.5, 0.6) is 0 Å². The number of pyridine rings is 2. The van der Waals surface area contributed by atoms with Gasteiger partial charge in [0.1, 0.15) is 11.4 Å². The molecule has 3 heterocycles. The standard InChI is InChI=1S/C30H34F3N7O3.C30H36F3N7O3/c1-18-6-7-19(14-23(18)37-29(43)40(5)21-10-12-35-25(16-21)28(42)34-2)27(41)36-24-15-20(30(31,32)33)8-9-26(24)39(4)22-11-13-38(3)17-22;1-19-8-9-20(16-23(19)37-29(43)40(6)22-12-13-35-25(18-22)28(42)34-2)27(41)36-24-17-21(30(31,32)33)10-11-26(24)39(5)15-7-14-38(3)4/h6-10,12,14-16,22H,11,13,17H2,1-5H3,(H,34,42)(H,36,41)(H,37,43);8-13,16-18H,7,14-15H2,1-6H3,(H,34,42)(H,36,41)(H,37,43). The van der Waals surface area contributed by atoms with Gasteiger partial charge >= 0.3 is 24.4 Å². The Kier molecular flexibility index (Phi) is 21.8. The molecule has 20 nitrogen and oxygen atoms in total. The van der Waals surface area contributed by atoms with Gasteiger partial charge in [-0.25, -0.2) is 9.59 Å². The zero-order chi connectivity index (χ0) is 63.4. The first-order valence-corrected chi connectivity index (χ1v) is 27.0. The summed E-state index contributed by atoms with van der Waals surface area (Å²) in [7, 11) is 15.4. The molecule has 1 saturated heterocycles. The lowest BCUT2D eigenvalue weighted by atomic mass is 10.1. The minimum absolute atomic E-state index is 0.0164. The van der Waals surface area contributed by atoms with Crippen molar-refractivity contribution in [3.63, 3.8) is 0 Å². The number of amides is 8. The lowest BCUT2D eigenvalue weighted by molar-refractivity contribution is -0.138. The molecule has 8 amide bonds. The predicted octanol–water partition coefficient (Wildman–Crippen LogP) is 9.91. The first-order valence-electron chi connectivity index (χ1n) is 27.0. The van der Waals surface area contributed by atoms with Gasteiger partial charge in [-0.1, -0.05) is 12.1 Å². The Morgan fingerprint density at radius 2 is 0.988 bits per heavy atom. The van der Waals surface area contributed by atoms with E-state index in [9.17, 15) is 55.1 Å². The average Bonchev–Trinajstić information content (AvgIpc) is 2.68. The van der Waals surface area contributed by atoms with Gasteiger partial charge in [0.25, 0.3) is 23.6 Å². The zero-order valence-electron chi connectivity index (χ0n) is 49.5. The highest BCUT2D eigenvalue weighted by Crippen LogP contribution is 2.38. The number of rotatable bonds is 17. The third kappa shape index (κ3) is 17.2. The van der Waals surface area contributed by atoms with Crippen molar-refractivity contribution in [3.8, 4) is 0 Å². The van der Waals surface area contributed by atoms with Crippen LogP contribution in [0.2, 0.25) is 0 Å². The largest absolute Gasteiger partial charge is 0.416 e. The van der Waals surface area contributed by atoms with E-state index < -0.39 is 59.2 Å². The Morgan fingerprint density at radius 1 is 0.547 bits per heavy atom. The summed E-state index contributed by atoms with van der Waals surface area (Å²) >= 11 is 0. The fourth-order valence-corrected chi connectivity index (χ4v) is 9.01. The van der Waals surface area contributed by atoms with Gasteiger partial charge < -0.3 is 51.5 Å². The molecule has 7 rings (SSSR count). The van der Waals surface area contributed by atoms with E-state index in [0.29, 0.717) is 51.8 Å². The van der Waals surface area contributed by atoms with Gasteiger partial charge in [-0.15, -0.1) is 0 Å². The van der Waals surface area contributed by atoms with E-state index >= 15 is 0 Å². The molecule has 86 heavy (non-hydrogen) atoms. The third-order valence-electron chi connectivity index (χ3n) is 14.2. The maximum absolute atomic E-state index is 13.6. The van der Waals surface area contributed by atoms with Crippen LogP contribution in [0, 0.1) is 13.8 Å². The van der Waals surface area contributed by atoms with E-state index in [-0.39, 0.29) is 39.9 Å². The van der Waals surface area contributed by atoms with Crippen molar-refractivity contribution < 1.29 is 55.1 Å². The molecule has 6 N–H and O–H groups in total. The van der Waals surface area contributed by atoms with Crippen LogP contribution in [0.4, 0.5) is 81.4 Å². The lowest BCUT2D eigenvalue weighted by Gasteiger charge is -2.29. The summed E-state index contributed by atoms with van der Waals surface area (Å²) in [6.45, 7) is 6.43. The molecule has 0 bridgehead atoms. The van der Waals surface area contributed by atoms with Crippen LogP contribution in [-0.2, 0) is 12.4 Å². The number of benzene rings is 4. The van der Waals surface area contributed by atoms with Crippen molar-refractivity contribution in [1.82, 2.24) is 30.4 Å². The first kappa shape index (κ1) is 65.8. The summed E-state index contributed by atoms with van der Waals surface area (Å²) in [6.07, 6.45) is -4.77. The second-order valence-corrected chi connectivity index (χ2v) is 20.8. The molecule has 4 aromatic carbocycles. The number of carbonyl (C=O) groups excluding carboxylic acids is 6. The Labute approximate surface area is 494 Å². The summed E-state index contributed by atoms with van der Waals surface area (Å²) in [5.74, 6) is -2.09. The van der Waals surface area contributed by atoms with E-state index in [0.717, 1.165) is 56.7 Å². The molecule has 0 saturated carbocycles. The highest BCUT2D eigenvalue weighted by atomic mass is 19.4. The molecular weight excluding hydrogens is 1130 g/mol. The fourth-order valence-electron chi connectivity index (χ4n) is 9.01. The van der Waals surface area contributed by atoms with E-state index in [1.165, 1.54) is 98.9 Å². The van der Waals surface area contributed by atoms with Gasteiger partial charge in [0, 0.05) is 108 Å². The van der Waals surface area contributed by atoms with Gasteiger partial charge in [-0.05, 0) is 157 Å². The minimum atomic E-state index is -4.59. The number of aromatic nitrogens is 2. The van der Waals surface area contributed by atoms with Crippen LogP contribution in [-0.4, -0.2) is 151 Å². The topological polar surface area (TPSA) is 220 Å². The van der Waals surface area contributed by atoms with Crippen LogP contribution in [0.25, 0.3) is 0 Å². The van der Waals surface area contributed by atoms with Crippen LogP contribution < -0.4 is 51.5 Å². The Bertz CT molecular complexity index is 3450. The number of nitrogens with one attached hydrogen (secondary N) is 6. The van der Waals surface area contributed by atoms with Crippen molar-refractivity contribution in [2.45, 2.75) is 45.1 Å².